The summed E-state index contributed by atoms with van der Waals surface area (Å²) in [6.45, 7) is 9.88. The summed E-state index contributed by atoms with van der Waals surface area (Å²) >= 11 is 0. The second kappa shape index (κ2) is 6.06. The minimum absolute atomic E-state index is 0.936. The first-order valence-corrected chi connectivity index (χ1v) is 5.84. The molecule has 1 heterocycles. The molecule has 0 aliphatic heterocycles. The van der Waals surface area contributed by atoms with Gasteiger partial charge in [-0.3, -0.25) is 4.98 Å². The van der Waals surface area contributed by atoms with Crippen LogP contribution in [0, 0.1) is 0 Å². The summed E-state index contributed by atoms with van der Waals surface area (Å²) in [6, 6.07) is 8.55. The van der Waals surface area contributed by atoms with Gasteiger partial charge in [-0.1, -0.05) is 45.5 Å². The van der Waals surface area contributed by atoms with Crippen molar-refractivity contribution in [1.82, 2.24) is 4.98 Å². The van der Waals surface area contributed by atoms with Crippen LogP contribution in [0.3, 0.4) is 0 Å². The lowest BCUT2D eigenvalue weighted by Gasteiger charge is -2.01. The molecular formula is C15H19N. The fraction of sp³-hybridized carbons (Fsp3) is 0.267. The number of fused-ring (bicyclic) bond motifs is 1. The molecule has 0 radical (unpaired) electrons. The van der Waals surface area contributed by atoms with Crippen molar-refractivity contribution in [1.29, 1.82) is 0 Å². The van der Waals surface area contributed by atoms with Crippen molar-refractivity contribution >= 4 is 16.8 Å². The van der Waals surface area contributed by atoms with Crippen LogP contribution in [0.5, 0.6) is 0 Å². The van der Waals surface area contributed by atoms with Gasteiger partial charge in [0.1, 0.15) is 0 Å². The third-order valence-electron chi connectivity index (χ3n) is 2.42. The van der Waals surface area contributed by atoms with Crippen LogP contribution < -0.4 is 0 Å². The van der Waals surface area contributed by atoms with Crippen LogP contribution in [-0.4, -0.2) is 4.98 Å². The standard InChI is InChI=1S/C13H13N.C2H6/c1-3-10-5-6-11-9-14-13(4-2)8-12(11)7-10;1-2/h4-9H,2-3H2,1H3;1-2H3. The first-order valence-electron chi connectivity index (χ1n) is 5.84. The molecule has 0 amide bonds. The van der Waals surface area contributed by atoms with E-state index in [-0.39, 0.29) is 0 Å². The molecule has 16 heavy (non-hydrogen) atoms. The molecule has 0 atom stereocenters. The molecule has 0 aliphatic carbocycles. The lowest BCUT2D eigenvalue weighted by molar-refractivity contribution is 1.14. The Morgan fingerprint density at radius 3 is 2.56 bits per heavy atom. The molecule has 1 aromatic heterocycles. The van der Waals surface area contributed by atoms with Crippen LogP contribution in [0.2, 0.25) is 0 Å². The van der Waals surface area contributed by atoms with Gasteiger partial charge in [0.15, 0.2) is 0 Å². The van der Waals surface area contributed by atoms with E-state index in [0.29, 0.717) is 0 Å². The summed E-state index contributed by atoms with van der Waals surface area (Å²) in [5, 5.41) is 2.43. The van der Waals surface area contributed by atoms with Crippen LogP contribution >= 0.6 is 0 Å². The Morgan fingerprint density at radius 1 is 1.19 bits per heavy atom. The Hall–Kier alpha value is -1.63. The van der Waals surface area contributed by atoms with Crippen molar-refractivity contribution in [3.8, 4) is 0 Å². The number of pyridine rings is 1. The van der Waals surface area contributed by atoms with E-state index < -0.39 is 0 Å². The molecule has 0 spiro atoms. The van der Waals surface area contributed by atoms with Gasteiger partial charge < -0.3 is 0 Å². The van der Waals surface area contributed by atoms with E-state index in [1.165, 1.54) is 16.3 Å². The molecule has 0 N–H and O–H groups in total. The molecule has 2 rings (SSSR count). The number of hydrogen-bond donors (Lipinski definition) is 0. The van der Waals surface area contributed by atoms with Gasteiger partial charge in [-0.15, -0.1) is 0 Å². The second-order valence-corrected chi connectivity index (χ2v) is 3.35. The zero-order chi connectivity index (χ0) is 12.0. The quantitative estimate of drug-likeness (QED) is 0.717. The first-order chi connectivity index (χ1) is 7.83. The van der Waals surface area contributed by atoms with Crippen molar-refractivity contribution in [3.05, 3.63) is 48.3 Å². The van der Waals surface area contributed by atoms with E-state index in [4.69, 9.17) is 0 Å². The predicted molar refractivity (Wildman–Crippen MR) is 72.6 cm³/mol. The average molecular weight is 213 g/mol. The van der Waals surface area contributed by atoms with E-state index in [1.54, 1.807) is 6.08 Å². The largest absolute Gasteiger partial charge is 0.256 e. The maximum absolute atomic E-state index is 4.26. The van der Waals surface area contributed by atoms with Crippen molar-refractivity contribution in [2.24, 2.45) is 0 Å². The van der Waals surface area contributed by atoms with Crippen LogP contribution in [-0.2, 0) is 6.42 Å². The van der Waals surface area contributed by atoms with Crippen molar-refractivity contribution < 1.29 is 0 Å². The normalized spacial score (nSPS) is 9.44. The monoisotopic (exact) mass is 213 g/mol. The SMILES string of the molecule is C=Cc1cc2cc(CC)ccc2cn1.CC. The van der Waals surface area contributed by atoms with Gasteiger partial charge in [-0.2, -0.15) is 0 Å². The van der Waals surface area contributed by atoms with E-state index in [9.17, 15) is 0 Å². The number of benzene rings is 1. The predicted octanol–water partition coefficient (Wildman–Crippen LogP) is 4.47. The van der Waals surface area contributed by atoms with Gasteiger partial charge in [-0.05, 0) is 29.5 Å². The maximum Gasteiger partial charge on any atom is 0.0630 e. The zero-order valence-corrected chi connectivity index (χ0v) is 10.3. The van der Waals surface area contributed by atoms with Crippen LogP contribution in [0.1, 0.15) is 32.0 Å². The fourth-order valence-corrected chi connectivity index (χ4v) is 1.54. The summed E-state index contributed by atoms with van der Waals surface area (Å²) in [5.74, 6) is 0. The zero-order valence-electron chi connectivity index (χ0n) is 10.3. The minimum Gasteiger partial charge on any atom is -0.256 e. The van der Waals surface area contributed by atoms with Crippen molar-refractivity contribution in [3.63, 3.8) is 0 Å². The molecule has 2 aromatic rings. The molecular weight excluding hydrogens is 194 g/mol. The van der Waals surface area contributed by atoms with E-state index in [1.807, 2.05) is 20.0 Å². The number of aromatic nitrogens is 1. The van der Waals surface area contributed by atoms with E-state index >= 15 is 0 Å². The van der Waals surface area contributed by atoms with Crippen LogP contribution in [0.15, 0.2) is 37.0 Å². The Bertz CT molecular complexity index is 472. The van der Waals surface area contributed by atoms with Crippen molar-refractivity contribution in [2.75, 3.05) is 0 Å². The summed E-state index contributed by atoms with van der Waals surface area (Å²) in [6.07, 6.45) is 4.74. The maximum atomic E-state index is 4.26. The summed E-state index contributed by atoms with van der Waals surface area (Å²) in [7, 11) is 0. The van der Waals surface area contributed by atoms with E-state index in [0.717, 1.165) is 12.1 Å². The minimum atomic E-state index is 0.936. The highest BCUT2D eigenvalue weighted by Crippen LogP contribution is 2.16. The molecule has 1 heteroatoms. The molecule has 0 aliphatic rings. The van der Waals surface area contributed by atoms with Gasteiger partial charge in [0, 0.05) is 11.6 Å². The smallest absolute Gasteiger partial charge is 0.0630 e. The second-order valence-electron chi connectivity index (χ2n) is 3.35. The van der Waals surface area contributed by atoms with Gasteiger partial charge in [0.25, 0.3) is 0 Å². The molecule has 0 saturated heterocycles. The number of nitrogens with zero attached hydrogens (tertiary/aromatic N) is 1. The molecule has 0 saturated carbocycles. The van der Waals surface area contributed by atoms with Crippen LogP contribution in [0.4, 0.5) is 0 Å². The Kier molecular flexibility index (Phi) is 4.71. The van der Waals surface area contributed by atoms with E-state index in [2.05, 4.69) is 42.8 Å². The van der Waals surface area contributed by atoms with Gasteiger partial charge in [-0.25, -0.2) is 0 Å². The van der Waals surface area contributed by atoms with Gasteiger partial charge in [0.2, 0.25) is 0 Å². The lowest BCUT2D eigenvalue weighted by Crippen LogP contribution is -1.84. The molecule has 0 fully saturated rings. The number of rotatable bonds is 2. The van der Waals surface area contributed by atoms with Gasteiger partial charge >= 0.3 is 0 Å². The number of hydrogen-bond acceptors (Lipinski definition) is 1. The third-order valence-corrected chi connectivity index (χ3v) is 2.42. The summed E-state index contributed by atoms with van der Waals surface area (Å²) in [5.41, 5.74) is 2.30. The highest BCUT2D eigenvalue weighted by molar-refractivity contribution is 5.83. The molecule has 0 unspecified atom stereocenters. The third kappa shape index (κ3) is 2.69. The molecule has 0 bridgehead atoms. The first kappa shape index (κ1) is 12.4. The van der Waals surface area contributed by atoms with Gasteiger partial charge in [0.05, 0.1) is 5.69 Å². The average Bonchev–Trinajstić information content (AvgIpc) is 2.39. The molecule has 1 aromatic carbocycles. The summed E-state index contributed by atoms with van der Waals surface area (Å²) < 4.78 is 0. The highest BCUT2D eigenvalue weighted by Gasteiger charge is 1.96. The Balaban J connectivity index is 0.000000606. The highest BCUT2D eigenvalue weighted by atomic mass is 14.7. The molecule has 1 nitrogen and oxygen atoms in total. The molecule has 84 valence electrons. The number of aryl methyl sites for hydroxylation is 1. The Labute approximate surface area is 97.8 Å². The topological polar surface area (TPSA) is 12.9 Å². The van der Waals surface area contributed by atoms with Crippen molar-refractivity contribution in [2.45, 2.75) is 27.2 Å². The Morgan fingerprint density at radius 2 is 1.94 bits per heavy atom. The lowest BCUT2D eigenvalue weighted by atomic mass is 10.1. The summed E-state index contributed by atoms with van der Waals surface area (Å²) in [4.78, 5) is 4.26. The van der Waals surface area contributed by atoms with Crippen LogP contribution in [0.25, 0.3) is 16.8 Å². The fourth-order valence-electron chi connectivity index (χ4n) is 1.54.